The number of hydrogen-bond donors (Lipinski definition) is 2. The molecule has 1 heterocycles. The Labute approximate surface area is 153 Å². The fraction of sp³-hybridized carbons (Fsp3) is 0.0556. The van der Waals surface area contributed by atoms with Gasteiger partial charge < -0.3 is 14.8 Å². The molecule has 0 saturated carbocycles. The highest BCUT2D eigenvalue weighted by Crippen LogP contribution is 2.32. The van der Waals surface area contributed by atoms with Gasteiger partial charge in [-0.05, 0) is 36.4 Å². The molecule has 0 unspecified atom stereocenters. The third kappa shape index (κ3) is 3.74. The van der Waals surface area contributed by atoms with Gasteiger partial charge in [-0.25, -0.2) is 0 Å². The SMILES string of the molecule is O=C(Nc1ccc(-c2ccc(CO)o2)c(Cl)c1)c1cccc([N+](=O)[O-])c1. The number of nitro groups is 1. The van der Waals surface area contributed by atoms with Crippen molar-refractivity contribution in [2.75, 3.05) is 5.32 Å². The molecule has 0 fully saturated rings. The largest absolute Gasteiger partial charge is 0.459 e. The summed E-state index contributed by atoms with van der Waals surface area (Å²) in [5.74, 6) is 0.424. The van der Waals surface area contributed by atoms with Crippen molar-refractivity contribution in [2.45, 2.75) is 6.61 Å². The van der Waals surface area contributed by atoms with E-state index in [1.807, 2.05) is 0 Å². The summed E-state index contributed by atoms with van der Waals surface area (Å²) in [5, 5.41) is 22.9. The predicted octanol–water partition coefficient (Wildman–Crippen LogP) is 4.25. The van der Waals surface area contributed by atoms with Gasteiger partial charge >= 0.3 is 0 Å². The number of carbonyl (C=O) groups excluding carboxylic acids is 1. The van der Waals surface area contributed by atoms with Crippen molar-refractivity contribution in [2.24, 2.45) is 0 Å². The molecule has 0 bridgehead atoms. The fourth-order valence-corrected chi connectivity index (χ4v) is 2.64. The Morgan fingerprint density at radius 1 is 1.19 bits per heavy atom. The Hall–Kier alpha value is -3.16. The van der Waals surface area contributed by atoms with E-state index in [9.17, 15) is 14.9 Å². The zero-order valence-corrected chi connectivity index (χ0v) is 14.1. The Bertz CT molecular complexity index is 983. The van der Waals surface area contributed by atoms with Gasteiger partial charge in [-0.15, -0.1) is 0 Å². The smallest absolute Gasteiger partial charge is 0.270 e. The summed E-state index contributed by atoms with van der Waals surface area (Å²) in [7, 11) is 0. The van der Waals surface area contributed by atoms with Crippen LogP contribution in [0.5, 0.6) is 0 Å². The molecule has 0 saturated heterocycles. The standard InChI is InChI=1S/C18H13ClN2O5/c19-16-9-12(4-6-15(16)17-7-5-14(10-22)26-17)20-18(23)11-2-1-3-13(8-11)21(24)25/h1-9,22H,10H2,(H,20,23). The summed E-state index contributed by atoms with van der Waals surface area (Å²) in [6, 6.07) is 13.6. The second kappa shape index (κ2) is 7.38. The predicted molar refractivity (Wildman–Crippen MR) is 96.1 cm³/mol. The van der Waals surface area contributed by atoms with Crippen LogP contribution in [0.4, 0.5) is 11.4 Å². The topological polar surface area (TPSA) is 106 Å². The molecule has 0 aliphatic heterocycles. The molecular formula is C18H13ClN2O5. The van der Waals surface area contributed by atoms with E-state index in [1.54, 1.807) is 30.3 Å². The van der Waals surface area contributed by atoms with Gasteiger partial charge in [0.1, 0.15) is 18.1 Å². The van der Waals surface area contributed by atoms with E-state index in [0.717, 1.165) is 0 Å². The lowest BCUT2D eigenvalue weighted by molar-refractivity contribution is -0.384. The lowest BCUT2D eigenvalue weighted by Crippen LogP contribution is -2.12. The highest BCUT2D eigenvalue weighted by atomic mass is 35.5. The maximum Gasteiger partial charge on any atom is 0.270 e. The molecule has 0 radical (unpaired) electrons. The molecule has 8 heteroatoms. The van der Waals surface area contributed by atoms with Crippen molar-refractivity contribution in [3.8, 4) is 11.3 Å². The Balaban J connectivity index is 1.80. The number of amides is 1. The van der Waals surface area contributed by atoms with Crippen LogP contribution in [0.25, 0.3) is 11.3 Å². The molecule has 2 aromatic carbocycles. The first-order valence-corrected chi connectivity index (χ1v) is 7.91. The van der Waals surface area contributed by atoms with Crippen molar-refractivity contribution < 1.29 is 19.2 Å². The maximum absolute atomic E-state index is 12.3. The van der Waals surface area contributed by atoms with Gasteiger partial charge in [0, 0.05) is 28.9 Å². The Morgan fingerprint density at radius 2 is 2.00 bits per heavy atom. The number of hydrogen-bond acceptors (Lipinski definition) is 5. The first-order valence-electron chi connectivity index (χ1n) is 7.53. The molecular weight excluding hydrogens is 360 g/mol. The third-order valence-corrected chi connectivity index (χ3v) is 3.94. The van der Waals surface area contributed by atoms with Gasteiger partial charge in [0.05, 0.1) is 9.95 Å². The number of aliphatic hydroxyl groups excluding tert-OH is 1. The van der Waals surface area contributed by atoms with Gasteiger partial charge in [0.15, 0.2) is 0 Å². The lowest BCUT2D eigenvalue weighted by atomic mass is 10.1. The summed E-state index contributed by atoms with van der Waals surface area (Å²) < 4.78 is 5.44. The number of furan rings is 1. The van der Waals surface area contributed by atoms with Crippen molar-refractivity contribution in [1.82, 2.24) is 0 Å². The van der Waals surface area contributed by atoms with Crippen molar-refractivity contribution in [1.29, 1.82) is 0 Å². The van der Waals surface area contributed by atoms with E-state index in [0.29, 0.717) is 27.8 Å². The number of non-ortho nitro benzene ring substituents is 1. The fourth-order valence-electron chi connectivity index (χ4n) is 2.36. The van der Waals surface area contributed by atoms with Gasteiger partial charge in [-0.3, -0.25) is 14.9 Å². The number of nitrogens with one attached hydrogen (secondary N) is 1. The quantitative estimate of drug-likeness (QED) is 0.514. The molecule has 1 amide bonds. The second-order valence-corrected chi connectivity index (χ2v) is 5.79. The summed E-state index contributed by atoms with van der Waals surface area (Å²) in [6.45, 7) is -0.213. The maximum atomic E-state index is 12.3. The summed E-state index contributed by atoms with van der Waals surface area (Å²) in [5.41, 5.74) is 1.05. The number of rotatable bonds is 5. The van der Waals surface area contributed by atoms with E-state index in [1.165, 1.54) is 24.3 Å². The minimum Gasteiger partial charge on any atom is -0.459 e. The molecule has 2 N–H and O–H groups in total. The Morgan fingerprint density at radius 3 is 2.65 bits per heavy atom. The van der Waals surface area contributed by atoms with Crippen LogP contribution in [0.2, 0.25) is 5.02 Å². The summed E-state index contributed by atoms with van der Waals surface area (Å²) in [6.07, 6.45) is 0. The van der Waals surface area contributed by atoms with Crippen LogP contribution in [0.3, 0.4) is 0 Å². The van der Waals surface area contributed by atoms with Gasteiger partial charge in [-0.1, -0.05) is 17.7 Å². The van der Waals surface area contributed by atoms with Gasteiger partial charge in [0.2, 0.25) is 0 Å². The van der Waals surface area contributed by atoms with E-state index < -0.39 is 10.8 Å². The molecule has 0 atom stereocenters. The van der Waals surface area contributed by atoms with Crippen LogP contribution < -0.4 is 5.32 Å². The first-order chi connectivity index (χ1) is 12.5. The van der Waals surface area contributed by atoms with Gasteiger partial charge in [-0.2, -0.15) is 0 Å². The molecule has 0 spiro atoms. The zero-order chi connectivity index (χ0) is 18.7. The number of aliphatic hydroxyl groups is 1. The van der Waals surface area contributed by atoms with Crippen LogP contribution in [0, 0.1) is 10.1 Å². The van der Waals surface area contributed by atoms with Gasteiger partial charge in [0.25, 0.3) is 11.6 Å². The summed E-state index contributed by atoms with van der Waals surface area (Å²) in [4.78, 5) is 22.5. The van der Waals surface area contributed by atoms with E-state index in [2.05, 4.69) is 5.32 Å². The average molecular weight is 373 g/mol. The van der Waals surface area contributed by atoms with Crippen LogP contribution in [0.1, 0.15) is 16.1 Å². The highest BCUT2D eigenvalue weighted by molar-refractivity contribution is 6.33. The zero-order valence-electron chi connectivity index (χ0n) is 13.3. The molecule has 26 heavy (non-hydrogen) atoms. The lowest BCUT2D eigenvalue weighted by Gasteiger charge is -2.08. The number of anilines is 1. The molecule has 3 rings (SSSR count). The normalized spacial score (nSPS) is 10.5. The van der Waals surface area contributed by atoms with Crippen LogP contribution >= 0.6 is 11.6 Å². The number of nitrogens with zero attached hydrogens (tertiary/aromatic N) is 1. The minimum atomic E-state index is -0.563. The van der Waals surface area contributed by atoms with E-state index >= 15 is 0 Å². The third-order valence-electron chi connectivity index (χ3n) is 3.63. The number of benzene rings is 2. The second-order valence-electron chi connectivity index (χ2n) is 5.38. The molecule has 132 valence electrons. The molecule has 1 aromatic heterocycles. The van der Waals surface area contributed by atoms with E-state index in [-0.39, 0.29) is 17.9 Å². The van der Waals surface area contributed by atoms with Crippen molar-refractivity contribution in [3.63, 3.8) is 0 Å². The molecule has 7 nitrogen and oxygen atoms in total. The molecule has 3 aromatic rings. The van der Waals surface area contributed by atoms with Crippen LogP contribution in [-0.2, 0) is 6.61 Å². The minimum absolute atomic E-state index is 0.163. The molecule has 0 aliphatic carbocycles. The number of carbonyl (C=O) groups is 1. The highest BCUT2D eigenvalue weighted by Gasteiger charge is 2.13. The molecule has 0 aliphatic rings. The average Bonchev–Trinajstić information content (AvgIpc) is 3.10. The summed E-state index contributed by atoms with van der Waals surface area (Å²) >= 11 is 6.25. The first kappa shape index (κ1) is 17.7. The van der Waals surface area contributed by atoms with Crippen LogP contribution in [-0.4, -0.2) is 15.9 Å². The number of nitro benzene ring substituents is 1. The number of halogens is 1. The van der Waals surface area contributed by atoms with Crippen LogP contribution in [0.15, 0.2) is 59.0 Å². The van der Waals surface area contributed by atoms with Crippen molar-refractivity contribution in [3.05, 3.63) is 81.1 Å². The Kier molecular flexibility index (Phi) is 5.01. The van der Waals surface area contributed by atoms with Crippen molar-refractivity contribution >= 4 is 28.9 Å². The van der Waals surface area contributed by atoms with E-state index in [4.69, 9.17) is 21.1 Å². The monoisotopic (exact) mass is 372 g/mol.